The average molecular weight is 375 g/mol. The second kappa shape index (κ2) is 8.24. The van der Waals surface area contributed by atoms with E-state index in [1.165, 1.54) is 6.26 Å². The van der Waals surface area contributed by atoms with Gasteiger partial charge in [0.1, 0.15) is 17.8 Å². The number of nitrogens with one attached hydrogen (secondary N) is 1. The summed E-state index contributed by atoms with van der Waals surface area (Å²) in [5.74, 6) is 1.64. The summed E-state index contributed by atoms with van der Waals surface area (Å²) in [6.45, 7) is 6.92. The minimum atomic E-state index is -0.138. The van der Waals surface area contributed by atoms with Crippen molar-refractivity contribution in [3.05, 3.63) is 41.2 Å². The van der Waals surface area contributed by atoms with Crippen molar-refractivity contribution in [2.45, 2.75) is 25.9 Å². The van der Waals surface area contributed by atoms with E-state index >= 15 is 0 Å². The molecule has 4 heterocycles. The second-order valence-electron chi connectivity index (χ2n) is 7.21. The summed E-state index contributed by atoms with van der Waals surface area (Å²) in [6, 6.07) is 3.68. The number of morpholine rings is 1. The van der Waals surface area contributed by atoms with Crippen LogP contribution in [0.3, 0.4) is 0 Å². The Morgan fingerprint density at radius 2 is 2.07 bits per heavy atom. The van der Waals surface area contributed by atoms with Crippen LogP contribution >= 0.6 is 0 Å². The van der Waals surface area contributed by atoms with Crippen molar-refractivity contribution in [2.24, 2.45) is 5.92 Å². The van der Waals surface area contributed by atoms with Crippen LogP contribution in [0, 0.1) is 12.8 Å². The van der Waals surface area contributed by atoms with Crippen molar-refractivity contribution in [2.75, 3.05) is 39.5 Å². The number of carbonyl (C=O) groups excluding carboxylic acids is 1. The van der Waals surface area contributed by atoms with E-state index in [0.29, 0.717) is 31.7 Å². The molecule has 1 amide bonds. The number of aryl methyl sites for hydroxylation is 1. The molecule has 2 aliphatic heterocycles. The highest BCUT2D eigenvalue weighted by Gasteiger charge is 2.31. The molecule has 0 unspecified atom stereocenters. The van der Waals surface area contributed by atoms with Gasteiger partial charge in [0.25, 0.3) is 5.91 Å². The molecule has 0 radical (unpaired) electrons. The number of hydrogen-bond donors (Lipinski definition) is 1. The third-order valence-corrected chi connectivity index (χ3v) is 5.05. The van der Waals surface area contributed by atoms with Crippen LogP contribution in [0.1, 0.15) is 27.6 Å². The maximum Gasteiger partial charge on any atom is 0.254 e. The fraction of sp³-hybridized carbons (Fsp3) is 0.579. The van der Waals surface area contributed by atoms with E-state index in [-0.39, 0.29) is 17.9 Å². The third kappa shape index (κ3) is 4.58. The molecule has 8 heteroatoms. The van der Waals surface area contributed by atoms with Gasteiger partial charge in [0.05, 0.1) is 50.3 Å². The van der Waals surface area contributed by atoms with Crippen molar-refractivity contribution in [3.63, 3.8) is 0 Å². The molecule has 4 rings (SSSR count). The smallest absolute Gasteiger partial charge is 0.254 e. The zero-order valence-electron chi connectivity index (χ0n) is 15.5. The molecule has 146 valence electrons. The maximum atomic E-state index is 12.6. The molecule has 2 aromatic heterocycles. The summed E-state index contributed by atoms with van der Waals surface area (Å²) in [6.07, 6.45) is 2.22. The van der Waals surface area contributed by atoms with Crippen LogP contribution in [-0.2, 0) is 22.4 Å². The van der Waals surface area contributed by atoms with Gasteiger partial charge in [0.15, 0.2) is 0 Å². The van der Waals surface area contributed by atoms with Crippen molar-refractivity contribution in [1.29, 1.82) is 0 Å². The van der Waals surface area contributed by atoms with E-state index in [2.05, 4.69) is 15.4 Å². The quantitative estimate of drug-likeness (QED) is 0.816. The molecule has 2 aliphatic rings. The highest BCUT2D eigenvalue weighted by molar-refractivity contribution is 5.94. The minimum absolute atomic E-state index is 0.0551. The van der Waals surface area contributed by atoms with Gasteiger partial charge in [-0.15, -0.1) is 0 Å². The first-order chi connectivity index (χ1) is 13.2. The number of aromatic nitrogens is 1. The summed E-state index contributed by atoms with van der Waals surface area (Å²) >= 11 is 0. The molecule has 8 nitrogen and oxygen atoms in total. The third-order valence-electron chi connectivity index (χ3n) is 5.05. The van der Waals surface area contributed by atoms with Crippen LogP contribution < -0.4 is 5.32 Å². The Labute approximate surface area is 157 Å². The summed E-state index contributed by atoms with van der Waals surface area (Å²) < 4.78 is 21.8. The fourth-order valence-electron chi connectivity index (χ4n) is 3.54. The van der Waals surface area contributed by atoms with E-state index in [1.54, 1.807) is 0 Å². The lowest BCUT2D eigenvalue weighted by Crippen LogP contribution is -2.40. The van der Waals surface area contributed by atoms with E-state index in [1.807, 2.05) is 19.1 Å². The molecule has 2 atom stereocenters. The highest BCUT2D eigenvalue weighted by atomic mass is 16.5. The zero-order valence-corrected chi connectivity index (χ0v) is 15.5. The van der Waals surface area contributed by atoms with Crippen LogP contribution in [0.4, 0.5) is 0 Å². The molecule has 0 aromatic carbocycles. The first-order valence-electron chi connectivity index (χ1n) is 9.35. The van der Waals surface area contributed by atoms with Crippen LogP contribution in [0.15, 0.2) is 27.3 Å². The number of rotatable bonds is 6. The first kappa shape index (κ1) is 18.2. The molecule has 1 N–H and O–H groups in total. The Morgan fingerprint density at radius 1 is 1.22 bits per heavy atom. The fourth-order valence-corrected chi connectivity index (χ4v) is 3.54. The second-order valence-corrected chi connectivity index (χ2v) is 7.21. The molecule has 0 spiro atoms. The van der Waals surface area contributed by atoms with Gasteiger partial charge in [-0.3, -0.25) is 9.69 Å². The Kier molecular flexibility index (Phi) is 5.56. The van der Waals surface area contributed by atoms with Gasteiger partial charge in [-0.1, -0.05) is 5.16 Å². The van der Waals surface area contributed by atoms with Crippen LogP contribution in [-0.4, -0.2) is 61.5 Å². The molecule has 0 saturated carbocycles. The standard InChI is InChI=1S/C19H25N3O5/c1-13-6-16(27-21-13)7-14-10-25-12-18(14)20-19(23)15-8-17(26-11-15)9-22-2-4-24-5-3-22/h6,8,11,14,18H,2-5,7,9-10,12H2,1H3,(H,20,23)/t14-,18+/m1/s1. The lowest BCUT2D eigenvalue weighted by molar-refractivity contribution is 0.0313. The topological polar surface area (TPSA) is 90.0 Å². The van der Waals surface area contributed by atoms with Gasteiger partial charge >= 0.3 is 0 Å². The first-order valence-corrected chi connectivity index (χ1v) is 9.35. The van der Waals surface area contributed by atoms with Gasteiger partial charge < -0.3 is 23.7 Å². The van der Waals surface area contributed by atoms with Gasteiger partial charge in [-0.2, -0.15) is 0 Å². The predicted octanol–water partition coefficient (Wildman–Crippen LogP) is 1.40. The van der Waals surface area contributed by atoms with Crippen molar-refractivity contribution >= 4 is 5.91 Å². The Morgan fingerprint density at radius 3 is 2.85 bits per heavy atom. The molecule has 27 heavy (non-hydrogen) atoms. The van der Waals surface area contributed by atoms with E-state index in [9.17, 15) is 4.79 Å². The van der Waals surface area contributed by atoms with Crippen LogP contribution in [0.25, 0.3) is 0 Å². The molecule has 2 saturated heterocycles. The lowest BCUT2D eigenvalue weighted by Gasteiger charge is -2.25. The normalized spacial score (nSPS) is 23.6. The average Bonchev–Trinajstić information content (AvgIpc) is 3.39. The number of nitrogens with zero attached hydrogens (tertiary/aromatic N) is 2. The Balaban J connectivity index is 1.32. The number of hydrogen-bond acceptors (Lipinski definition) is 7. The Hall–Kier alpha value is -2.16. The maximum absolute atomic E-state index is 12.6. The van der Waals surface area contributed by atoms with Gasteiger partial charge in [-0.05, 0) is 13.0 Å². The molecular formula is C19H25N3O5. The number of carbonyl (C=O) groups is 1. The van der Waals surface area contributed by atoms with Crippen molar-refractivity contribution < 1.29 is 23.2 Å². The number of furan rings is 1. The van der Waals surface area contributed by atoms with Gasteiger partial charge in [0, 0.05) is 31.5 Å². The van der Waals surface area contributed by atoms with Crippen LogP contribution in [0.2, 0.25) is 0 Å². The van der Waals surface area contributed by atoms with E-state index in [0.717, 1.165) is 43.5 Å². The number of ether oxygens (including phenoxy) is 2. The Bertz CT molecular complexity index is 765. The van der Waals surface area contributed by atoms with E-state index < -0.39 is 0 Å². The largest absolute Gasteiger partial charge is 0.467 e. The van der Waals surface area contributed by atoms with Gasteiger partial charge in [-0.25, -0.2) is 0 Å². The zero-order chi connectivity index (χ0) is 18.6. The molecule has 2 fully saturated rings. The number of amides is 1. The highest BCUT2D eigenvalue weighted by Crippen LogP contribution is 2.21. The SMILES string of the molecule is Cc1cc(C[C@@H]2COC[C@@H]2NC(=O)c2coc(CN3CCOCC3)c2)on1. The van der Waals surface area contributed by atoms with Crippen LogP contribution in [0.5, 0.6) is 0 Å². The molecular weight excluding hydrogens is 350 g/mol. The van der Waals surface area contributed by atoms with Crippen molar-refractivity contribution in [1.82, 2.24) is 15.4 Å². The molecule has 0 aliphatic carbocycles. The minimum Gasteiger partial charge on any atom is -0.467 e. The van der Waals surface area contributed by atoms with Gasteiger partial charge in [0.2, 0.25) is 0 Å². The molecule has 0 bridgehead atoms. The predicted molar refractivity (Wildman–Crippen MR) is 95.3 cm³/mol. The monoisotopic (exact) mass is 375 g/mol. The molecule has 2 aromatic rings. The summed E-state index contributed by atoms with van der Waals surface area (Å²) in [5.41, 5.74) is 1.40. The summed E-state index contributed by atoms with van der Waals surface area (Å²) in [4.78, 5) is 14.9. The summed E-state index contributed by atoms with van der Waals surface area (Å²) in [7, 11) is 0. The van der Waals surface area contributed by atoms with E-state index in [4.69, 9.17) is 18.4 Å². The summed E-state index contributed by atoms with van der Waals surface area (Å²) in [5, 5.41) is 6.99. The lowest BCUT2D eigenvalue weighted by atomic mass is 9.98. The van der Waals surface area contributed by atoms with Crippen molar-refractivity contribution in [3.8, 4) is 0 Å².